The highest BCUT2D eigenvalue weighted by atomic mass is 19.1. The second-order valence-corrected chi connectivity index (χ2v) is 5.10. The van der Waals surface area contributed by atoms with Gasteiger partial charge in [0.25, 0.3) is 0 Å². The maximum Gasteiger partial charge on any atom is 0.307 e. The predicted molar refractivity (Wildman–Crippen MR) is 63.4 cm³/mol. The molecule has 1 aromatic rings. The zero-order valence-corrected chi connectivity index (χ0v) is 10.1. The standard InChI is InChI=1S/C14H17FO2/c1-8(2)13-11(14(16)17)6-4-9-3-5-10(15)7-12(9)13/h3,5,7-8,11,13H,4,6H2,1-2H3,(H,16,17). The third kappa shape index (κ3) is 2.19. The summed E-state index contributed by atoms with van der Waals surface area (Å²) in [5.41, 5.74) is 1.99. The average Bonchev–Trinajstić information content (AvgIpc) is 2.26. The van der Waals surface area contributed by atoms with Crippen molar-refractivity contribution in [2.75, 3.05) is 0 Å². The fourth-order valence-electron chi connectivity index (χ4n) is 2.91. The molecular weight excluding hydrogens is 219 g/mol. The van der Waals surface area contributed by atoms with Gasteiger partial charge in [0, 0.05) is 0 Å². The van der Waals surface area contributed by atoms with Crippen LogP contribution in [0.1, 0.15) is 37.3 Å². The van der Waals surface area contributed by atoms with Crippen molar-refractivity contribution in [2.24, 2.45) is 11.8 Å². The molecule has 0 amide bonds. The van der Waals surface area contributed by atoms with Crippen molar-refractivity contribution in [3.05, 3.63) is 35.1 Å². The van der Waals surface area contributed by atoms with Gasteiger partial charge < -0.3 is 5.11 Å². The summed E-state index contributed by atoms with van der Waals surface area (Å²) in [7, 11) is 0. The van der Waals surface area contributed by atoms with Crippen molar-refractivity contribution in [3.63, 3.8) is 0 Å². The first-order chi connectivity index (χ1) is 8.00. The van der Waals surface area contributed by atoms with E-state index in [1.165, 1.54) is 12.1 Å². The summed E-state index contributed by atoms with van der Waals surface area (Å²) in [4.78, 5) is 11.3. The molecule has 2 atom stereocenters. The average molecular weight is 236 g/mol. The van der Waals surface area contributed by atoms with Gasteiger partial charge in [-0.15, -0.1) is 0 Å². The molecule has 17 heavy (non-hydrogen) atoms. The van der Waals surface area contributed by atoms with Gasteiger partial charge in [-0.1, -0.05) is 19.9 Å². The maximum atomic E-state index is 13.3. The Labute approximate surface area is 100 Å². The molecule has 1 N–H and O–H groups in total. The van der Waals surface area contributed by atoms with E-state index in [-0.39, 0.29) is 23.6 Å². The van der Waals surface area contributed by atoms with Gasteiger partial charge in [0.1, 0.15) is 5.82 Å². The van der Waals surface area contributed by atoms with Gasteiger partial charge in [-0.2, -0.15) is 0 Å². The first-order valence-electron chi connectivity index (χ1n) is 6.02. The monoisotopic (exact) mass is 236 g/mol. The smallest absolute Gasteiger partial charge is 0.307 e. The Hall–Kier alpha value is -1.38. The van der Waals surface area contributed by atoms with E-state index in [9.17, 15) is 14.3 Å². The number of hydrogen-bond donors (Lipinski definition) is 1. The van der Waals surface area contributed by atoms with Crippen LogP contribution in [0.25, 0.3) is 0 Å². The number of halogens is 1. The van der Waals surface area contributed by atoms with Crippen molar-refractivity contribution in [2.45, 2.75) is 32.6 Å². The van der Waals surface area contributed by atoms with Crippen LogP contribution in [0.2, 0.25) is 0 Å². The second-order valence-electron chi connectivity index (χ2n) is 5.10. The Morgan fingerprint density at radius 2 is 2.18 bits per heavy atom. The lowest BCUT2D eigenvalue weighted by molar-refractivity contribution is -0.143. The van der Waals surface area contributed by atoms with E-state index in [1.807, 2.05) is 13.8 Å². The largest absolute Gasteiger partial charge is 0.481 e. The minimum Gasteiger partial charge on any atom is -0.481 e. The van der Waals surface area contributed by atoms with Crippen LogP contribution in [0.5, 0.6) is 0 Å². The highest BCUT2D eigenvalue weighted by Gasteiger charge is 2.36. The Kier molecular flexibility index (Phi) is 3.18. The highest BCUT2D eigenvalue weighted by Crippen LogP contribution is 2.41. The molecule has 3 heteroatoms. The Bertz CT molecular complexity index is 440. The van der Waals surface area contributed by atoms with Gasteiger partial charge >= 0.3 is 5.97 Å². The molecule has 0 heterocycles. The minimum atomic E-state index is -0.765. The molecule has 92 valence electrons. The van der Waals surface area contributed by atoms with Crippen LogP contribution in [-0.4, -0.2) is 11.1 Å². The summed E-state index contributed by atoms with van der Waals surface area (Å²) < 4.78 is 13.3. The van der Waals surface area contributed by atoms with Crippen LogP contribution in [0, 0.1) is 17.7 Å². The lowest BCUT2D eigenvalue weighted by Gasteiger charge is -2.33. The lowest BCUT2D eigenvalue weighted by atomic mass is 9.70. The normalized spacial score (nSPS) is 23.5. The van der Waals surface area contributed by atoms with E-state index in [2.05, 4.69) is 0 Å². The molecule has 0 radical (unpaired) electrons. The van der Waals surface area contributed by atoms with Crippen molar-refractivity contribution in [1.82, 2.24) is 0 Å². The van der Waals surface area contributed by atoms with E-state index in [1.54, 1.807) is 6.07 Å². The summed E-state index contributed by atoms with van der Waals surface area (Å²) in [5.74, 6) is -1.30. The third-order valence-corrected chi connectivity index (χ3v) is 3.66. The van der Waals surface area contributed by atoms with E-state index in [4.69, 9.17) is 0 Å². The predicted octanol–water partition coefficient (Wildman–Crippen LogP) is 3.21. The molecule has 0 spiro atoms. The molecule has 1 aliphatic rings. The topological polar surface area (TPSA) is 37.3 Å². The lowest BCUT2D eigenvalue weighted by Crippen LogP contribution is -2.30. The van der Waals surface area contributed by atoms with E-state index >= 15 is 0 Å². The number of aliphatic carboxylic acids is 1. The van der Waals surface area contributed by atoms with Gasteiger partial charge in [0.2, 0.25) is 0 Å². The molecule has 0 saturated heterocycles. The number of hydrogen-bond acceptors (Lipinski definition) is 1. The number of benzene rings is 1. The SMILES string of the molecule is CC(C)C1c2cc(F)ccc2CCC1C(=O)O. The Morgan fingerprint density at radius 3 is 2.76 bits per heavy atom. The number of aryl methyl sites for hydroxylation is 1. The Morgan fingerprint density at radius 1 is 1.47 bits per heavy atom. The zero-order valence-electron chi connectivity index (χ0n) is 10.1. The van der Waals surface area contributed by atoms with Crippen molar-refractivity contribution in [3.8, 4) is 0 Å². The first kappa shape index (κ1) is 12.1. The van der Waals surface area contributed by atoms with Crippen molar-refractivity contribution < 1.29 is 14.3 Å². The van der Waals surface area contributed by atoms with Crippen molar-refractivity contribution >= 4 is 5.97 Å². The molecule has 2 unspecified atom stereocenters. The molecule has 0 bridgehead atoms. The van der Waals surface area contributed by atoms with Crippen LogP contribution in [0.4, 0.5) is 4.39 Å². The molecule has 0 saturated carbocycles. The summed E-state index contributed by atoms with van der Waals surface area (Å²) in [6, 6.07) is 4.75. The fourth-order valence-corrected chi connectivity index (χ4v) is 2.91. The van der Waals surface area contributed by atoms with E-state index < -0.39 is 5.97 Å². The molecule has 1 aromatic carbocycles. The maximum absolute atomic E-state index is 13.3. The summed E-state index contributed by atoms with van der Waals surface area (Å²) in [6.45, 7) is 4.00. The molecule has 1 aliphatic carbocycles. The highest BCUT2D eigenvalue weighted by molar-refractivity contribution is 5.72. The zero-order chi connectivity index (χ0) is 12.6. The van der Waals surface area contributed by atoms with Crippen LogP contribution < -0.4 is 0 Å². The minimum absolute atomic E-state index is 0.0769. The molecule has 0 aliphatic heterocycles. The Balaban J connectivity index is 2.48. The quantitative estimate of drug-likeness (QED) is 0.856. The van der Waals surface area contributed by atoms with Crippen LogP contribution in [0.3, 0.4) is 0 Å². The summed E-state index contributed by atoms with van der Waals surface area (Å²) >= 11 is 0. The first-order valence-corrected chi connectivity index (χ1v) is 6.02. The van der Waals surface area contributed by atoms with E-state index in [0.717, 1.165) is 17.5 Å². The number of carbonyl (C=O) groups is 1. The van der Waals surface area contributed by atoms with Gasteiger partial charge in [0.15, 0.2) is 0 Å². The number of fused-ring (bicyclic) bond motifs is 1. The molecular formula is C14H17FO2. The van der Waals surface area contributed by atoms with Gasteiger partial charge in [-0.25, -0.2) is 4.39 Å². The van der Waals surface area contributed by atoms with Crippen LogP contribution in [0.15, 0.2) is 18.2 Å². The van der Waals surface area contributed by atoms with E-state index in [0.29, 0.717) is 6.42 Å². The van der Waals surface area contributed by atoms with Gasteiger partial charge in [0.05, 0.1) is 5.92 Å². The fraction of sp³-hybridized carbons (Fsp3) is 0.500. The number of carboxylic acid groups (broad SMARTS) is 1. The van der Waals surface area contributed by atoms with Crippen LogP contribution in [-0.2, 0) is 11.2 Å². The van der Waals surface area contributed by atoms with Crippen molar-refractivity contribution in [1.29, 1.82) is 0 Å². The molecule has 2 nitrogen and oxygen atoms in total. The van der Waals surface area contributed by atoms with Crippen LogP contribution >= 0.6 is 0 Å². The van der Waals surface area contributed by atoms with Gasteiger partial charge in [-0.05, 0) is 47.9 Å². The summed E-state index contributed by atoms with van der Waals surface area (Å²) in [6.07, 6.45) is 1.38. The molecule has 0 fully saturated rings. The molecule has 0 aromatic heterocycles. The number of carboxylic acids is 1. The second kappa shape index (κ2) is 4.47. The molecule has 2 rings (SSSR count). The summed E-state index contributed by atoms with van der Waals surface area (Å²) in [5, 5.41) is 9.26. The number of rotatable bonds is 2. The van der Waals surface area contributed by atoms with Gasteiger partial charge in [-0.3, -0.25) is 4.79 Å². The third-order valence-electron chi connectivity index (χ3n) is 3.66.